The van der Waals surface area contributed by atoms with Crippen molar-refractivity contribution in [1.82, 2.24) is 73.5 Å². The number of nitrogens with zero attached hydrogens (tertiary/aromatic N) is 15. The second-order valence-corrected chi connectivity index (χ2v) is 31.2. The molecule has 15 heteroatoms. The molecule has 0 amide bonds. The maximum Gasteiger partial charge on any atom is 0.0972 e. The Morgan fingerprint density at radius 3 is 1.30 bits per heavy atom. The minimum absolute atomic E-state index is 0.808. The van der Waals surface area contributed by atoms with Crippen LogP contribution in [0.4, 0.5) is 0 Å². The molecule has 15 aromatic heterocycles. The van der Waals surface area contributed by atoms with Gasteiger partial charge in [-0.2, -0.15) is 0 Å². The van der Waals surface area contributed by atoms with Crippen LogP contribution < -0.4 is 0 Å². The maximum absolute atomic E-state index is 5.08. The average molecular weight is 1630 g/mol. The van der Waals surface area contributed by atoms with Crippen LogP contribution in [0.2, 0.25) is 0 Å². The molecule has 0 atom stereocenters. The lowest BCUT2D eigenvalue weighted by atomic mass is 10.0. The fourth-order valence-corrected chi connectivity index (χ4v) is 17.8. The first-order valence-corrected chi connectivity index (χ1v) is 42.1. The number of para-hydroxylation sites is 5. The summed E-state index contributed by atoms with van der Waals surface area (Å²) in [7, 11) is 0. The van der Waals surface area contributed by atoms with Gasteiger partial charge in [-0.3, -0.25) is 34.9 Å². The smallest absolute Gasteiger partial charge is 0.0972 e. The van der Waals surface area contributed by atoms with E-state index in [9.17, 15) is 0 Å². The van der Waals surface area contributed by atoms with E-state index < -0.39 is 0 Å². The van der Waals surface area contributed by atoms with Crippen LogP contribution in [0.5, 0.6) is 0 Å². The predicted octanol–water partition coefficient (Wildman–Crippen LogP) is 26.7. The Balaban J connectivity index is 0.000000109. The van der Waals surface area contributed by atoms with Crippen LogP contribution >= 0.6 is 0 Å². The van der Waals surface area contributed by atoms with Gasteiger partial charge in [0.05, 0.1) is 125 Å². The molecular weight excluding hydrogens is 1560 g/mol. The van der Waals surface area contributed by atoms with E-state index in [1.54, 1.807) is 0 Å². The third kappa shape index (κ3) is 13.8. The summed E-state index contributed by atoms with van der Waals surface area (Å²) in [5.74, 6) is 0. The lowest BCUT2D eigenvalue weighted by molar-refractivity contribution is 1.16. The third-order valence-electron chi connectivity index (χ3n) is 23.7. The standard InChI is InChI=1S/C40H25N5.2C36H23N5/c1-2-12-30-28(10-1)29-11-3-5-14-33(29)44-39(30)36-18-8-17-35(43-36)34-16-7-15-32(42-34)26-21-23-27(24-22-26)45-37-19-6-4-13-31(37)40-38(45)20-9-25-41-40;1-2-12-34-30(10-1)31-17-19-37-23-35(31)41(34)28-9-3-7-25(20-28)26-13-15-32(39-21-26)33-16-14-27(22-40-33)29-11-4-6-24-8-5-18-38-36(24)29;1-2-11-27-25(8-1)21-38-22-30(27)32-14-7-16-34(40-32)33-15-6-13-31(39-33)24-9-5-10-26(20-24)41-35-17-4-3-12-28(35)29-18-19-37-23-36(29)41/h1-25H;2*1-23H. The summed E-state index contributed by atoms with van der Waals surface area (Å²) >= 11 is 0. The fraction of sp³-hybridized carbons (Fsp3) is 0. The number of rotatable bonds is 12. The van der Waals surface area contributed by atoms with Crippen LogP contribution in [-0.4, -0.2) is 73.5 Å². The Morgan fingerprint density at radius 2 is 0.638 bits per heavy atom. The zero-order chi connectivity index (χ0) is 84.1. The van der Waals surface area contributed by atoms with Gasteiger partial charge in [0.1, 0.15) is 0 Å². The van der Waals surface area contributed by atoms with Crippen molar-refractivity contribution >= 4 is 109 Å². The van der Waals surface area contributed by atoms with Crippen molar-refractivity contribution in [3.05, 3.63) is 432 Å². The van der Waals surface area contributed by atoms with Gasteiger partial charge in [0.25, 0.3) is 0 Å². The van der Waals surface area contributed by atoms with Crippen LogP contribution in [0.25, 0.3) is 228 Å². The van der Waals surface area contributed by atoms with Gasteiger partial charge < -0.3 is 13.7 Å². The molecule has 25 aromatic rings. The fourth-order valence-electron chi connectivity index (χ4n) is 17.8. The van der Waals surface area contributed by atoms with Gasteiger partial charge in [0, 0.05) is 148 Å². The van der Waals surface area contributed by atoms with Gasteiger partial charge in [-0.15, -0.1) is 0 Å². The average Bonchev–Trinajstić information content (AvgIpc) is 1.64. The monoisotopic (exact) mass is 1630 g/mol. The zero-order valence-corrected chi connectivity index (χ0v) is 68.2. The van der Waals surface area contributed by atoms with Crippen molar-refractivity contribution in [3.8, 4) is 119 Å². The Morgan fingerprint density at radius 1 is 0.181 bits per heavy atom. The summed E-state index contributed by atoms with van der Waals surface area (Å²) in [5, 5.41) is 12.7. The second kappa shape index (κ2) is 32.1. The molecule has 594 valence electrons. The van der Waals surface area contributed by atoms with E-state index in [4.69, 9.17) is 34.9 Å². The molecular formula is C112H71N15. The highest BCUT2D eigenvalue weighted by Crippen LogP contribution is 2.40. The van der Waals surface area contributed by atoms with Crippen LogP contribution in [-0.2, 0) is 0 Å². The summed E-state index contributed by atoms with van der Waals surface area (Å²) in [5.41, 5.74) is 29.5. The molecule has 25 rings (SSSR count). The quantitative estimate of drug-likeness (QED) is 0.106. The molecule has 0 unspecified atom stereocenters. The molecule has 0 aliphatic heterocycles. The summed E-state index contributed by atoms with van der Waals surface area (Å²) in [6.45, 7) is 0. The number of hydrogen-bond donors (Lipinski definition) is 0. The van der Waals surface area contributed by atoms with E-state index in [2.05, 4.69) is 299 Å². The van der Waals surface area contributed by atoms with E-state index >= 15 is 0 Å². The maximum atomic E-state index is 5.08. The normalized spacial score (nSPS) is 11.5. The molecule has 0 fully saturated rings. The van der Waals surface area contributed by atoms with Crippen LogP contribution in [0, 0.1) is 0 Å². The summed E-state index contributed by atoms with van der Waals surface area (Å²) in [6, 6.07) is 127. The number of aromatic nitrogens is 15. The van der Waals surface area contributed by atoms with Gasteiger partial charge in [-0.05, 0) is 168 Å². The molecule has 0 spiro atoms. The Bertz CT molecular complexity index is 8380. The highest BCUT2D eigenvalue weighted by Gasteiger charge is 2.21. The molecule has 0 radical (unpaired) electrons. The number of benzene rings is 10. The highest BCUT2D eigenvalue weighted by atomic mass is 15.0. The van der Waals surface area contributed by atoms with Crippen molar-refractivity contribution in [3.63, 3.8) is 0 Å². The molecule has 0 aliphatic carbocycles. The number of hydrogen-bond acceptors (Lipinski definition) is 12. The highest BCUT2D eigenvalue weighted by molar-refractivity contribution is 6.13. The minimum atomic E-state index is 0.808. The molecule has 0 saturated heterocycles. The summed E-state index contributed by atoms with van der Waals surface area (Å²) in [4.78, 5) is 57.3. The minimum Gasteiger partial charge on any atom is -0.308 e. The molecule has 15 nitrogen and oxygen atoms in total. The molecule has 0 bridgehead atoms. The van der Waals surface area contributed by atoms with Gasteiger partial charge in [-0.1, -0.05) is 218 Å². The lowest BCUT2D eigenvalue weighted by Gasteiger charge is -2.11. The number of fused-ring (bicyclic) bond motifs is 14. The van der Waals surface area contributed by atoms with Crippen molar-refractivity contribution in [2.45, 2.75) is 0 Å². The number of pyridine rings is 12. The first-order valence-electron chi connectivity index (χ1n) is 42.1. The van der Waals surface area contributed by atoms with E-state index in [-0.39, 0.29) is 0 Å². The molecule has 0 N–H and O–H groups in total. The van der Waals surface area contributed by atoms with Crippen molar-refractivity contribution in [2.75, 3.05) is 0 Å². The van der Waals surface area contributed by atoms with Crippen molar-refractivity contribution < 1.29 is 0 Å². The van der Waals surface area contributed by atoms with Crippen molar-refractivity contribution in [2.24, 2.45) is 0 Å². The Hall–Kier alpha value is -17.6. The Kier molecular flexibility index (Phi) is 18.8. The van der Waals surface area contributed by atoms with Gasteiger partial charge in [-0.25, -0.2) is 24.9 Å². The predicted molar refractivity (Wildman–Crippen MR) is 515 cm³/mol. The van der Waals surface area contributed by atoms with Crippen molar-refractivity contribution in [1.29, 1.82) is 0 Å². The zero-order valence-electron chi connectivity index (χ0n) is 68.2. The van der Waals surface area contributed by atoms with E-state index in [0.29, 0.717) is 0 Å². The first-order chi connectivity index (χ1) is 63.0. The third-order valence-corrected chi connectivity index (χ3v) is 23.7. The molecule has 127 heavy (non-hydrogen) atoms. The van der Waals surface area contributed by atoms with E-state index in [1.165, 1.54) is 26.9 Å². The summed E-state index contributed by atoms with van der Waals surface area (Å²) < 4.78 is 6.82. The van der Waals surface area contributed by atoms with Gasteiger partial charge in [0.2, 0.25) is 0 Å². The molecule has 0 saturated carbocycles. The topological polar surface area (TPSA) is 169 Å². The van der Waals surface area contributed by atoms with E-state index in [1.807, 2.05) is 171 Å². The van der Waals surface area contributed by atoms with Crippen LogP contribution in [0.15, 0.2) is 432 Å². The Labute approximate surface area is 728 Å². The first kappa shape index (κ1) is 74.5. The SMILES string of the molecule is c1cc(-c2ccc(-c3ccc(-c4cccc5cccnc45)cn3)nc2)cc(-n2c3ccccc3c3ccncc32)c1.c1cc(-c2ccc(-n3c4ccccc4c4ncccc43)cc2)nc(-c2cccc(-c3nc4ccccc4c4ccccc34)n2)c1.c1cc(-c2cccc(-c3cccc(-c4cncc5ccccc45)n3)n2)cc(-n2c3ccccc3c3ccncc32)c1. The largest absolute Gasteiger partial charge is 0.308 e. The molecule has 15 heterocycles. The second-order valence-electron chi connectivity index (χ2n) is 31.2. The summed E-state index contributed by atoms with van der Waals surface area (Å²) in [6.07, 6.45) is 18.9. The van der Waals surface area contributed by atoms with E-state index in [0.717, 1.165) is 201 Å². The molecule has 10 aromatic carbocycles. The van der Waals surface area contributed by atoms with Gasteiger partial charge >= 0.3 is 0 Å². The van der Waals surface area contributed by atoms with Crippen LogP contribution in [0.3, 0.4) is 0 Å². The molecule has 0 aliphatic rings. The lowest BCUT2D eigenvalue weighted by Crippen LogP contribution is -1.96. The van der Waals surface area contributed by atoms with Gasteiger partial charge in [0.15, 0.2) is 0 Å². The van der Waals surface area contributed by atoms with Crippen LogP contribution in [0.1, 0.15) is 0 Å².